The number of carboxylic acid groups (broad SMARTS) is 1. The van der Waals surface area contributed by atoms with Gasteiger partial charge in [-0.05, 0) is 28.2 Å². The number of ether oxygens (including phenoxy) is 1. The highest BCUT2D eigenvalue weighted by atomic mass is 19.3. The van der Waals surface area contributed by atoms with Gasteiger partial charge in [-0.25, -0.2) is 18.4 Å². The molecule has 2 aromatic carbocycles. The first-order valence-electron chi connectivity index (χ1n) is 11.1. The molecule has 1 heterocycles. The first kappa shape index (κ1) is 23.7. The van der Waals surface area contributed by atoms with Crippen molar-refractivity contribution in [2.75, 3.05) is 13.2 Å². The van der Waals surface area contributed by atoms with Crippen LogP contribution >= 0.6 is 0 Å². The molecule has 1 unspecified atom stereocenters. The molecule has 0 spiro atoms. The van der Waals surface area contributed by atoms with Gasteiger partial charge in [0.25, 0.3) is 5.92 Å². The number of rotatable bonds is 6. The number of aliphatic carboxylic acids is 1. The van der Waals surface area contributed by atoms with Crippen LogP contribution in [-0.2, 0) is 14.3 Å². The van der Waals surface area contributed by atoms with Gasteiger partial charge in [0.1, 0.15) is 18.7 Å². The third-order valence-corrected chi connectivity index (χ3v) is 6.39. The molecule has 0 bridgehead atoms. The summed E-state index contributed by atoms with van der Waals surface area (Å²) >= 11 is 0. The number of nitrogens with one attached hydrogen (secondary N) is 1. The molecular weight excluding hydrogens is 446 g/mol. The van der Waals surface area contributed by atoms with Crippen LogP contribution in [0.5, 0.6) is 0 Å². The van der Waals surface area contributed by atoms with Gasteiger partial charge in [0.2, 0.25) is 5.91 Å². The van der Waals surface area contributed by atoms with Crippen LogP contribution in [0, 0.1) is 5.92 Å². The predicted octanol–water partition coefficient (Wildman–Crippen LogP) is 3.87. The van der Waals surface area contributed by atoms with Crippen molar-refractivity contribution in [2.45, 2.75) is 44.2 Å². The average Bonchev–Trinajstić information content (AvgIpc) is 3.30. The molecule has 4 rings (SSSR count). The number of halogens is 2. The van der Waals surface area contributed by atoms with Gasteiger partial charge in [0, 0.05) is 12.3 Å². The Morgan fingerprint density at radius 3 is 2.18 bits per heavy atom. The highest BCUT2D eigenvalue weighted by Crippen LogP contribution is 2.44. The van der Waals surface area contributed by atoms with Gasteiger partial charge in [-0.1, -0.05) is 62.4 Å². The van der Waals surface area contributed by atoms with Crippen LogP contribution in [0.25, 0.3) is 11.1 Å². The second-order valence-electron chi connectivity index (χ2n) is 9.07. The molecule has 34 heavy (non-hydrogen) atoms. The van der Waals surface area contributed by atoms with E-state index in [2.05, 4.69) is 5.32 Å². The second-order valence-corrected chi connectivity index (χ2v) is 9.07. The number of likely N-dealkylation sites (tertiary alicyclic amines) is 1. The monoisotopic (exact) mass is 472 g/mol. The van der Waals surface area contributed by atoms with Crippen molar-refractivity contribution in [2.24, 2.45) is 5.92 Å². The Hall–Kier alpha value is -3.49. The van der Waals surface area contributed by atoms with Crippen LogP contribution in [0.3, 0.4) is 0 Å². The van der Waals surface area contributed by atoms with E-state index in [-0.39, 0.29) is 12.5 Å². The lowest BCUT2D eigenvalue weighted by molar-refractivity contribution is -0.149. The van der Waals surface area contributed by atoms with E-state index >= 15 is 0 Å². The predicted molar refractivity (Wildman–Crippen MR) is 120 cm³/mol. The summed E-state index contributed by atoms with van der Waals surface area (Å²) in [5, 5.41) is 11.8. The third-order valence-electron chi connectivity index (χ3n) is 6.39. The van der Waals surface area contributed by atoms with Gasteiger partial charge in [-0.3, -0.25) is 4.79 Å². The Labute approximate surface area is 195 Å². The van der Waals surface area contributed by atoms with Crippen molar-refractivity contribution in [3.05, 3.63) is 59.7 Å². The zero-order valence-electron chi connectivity index (χ0n) is 18.8. The third kappa shape index (κ3) is 4.47. The summed E-state index contributed by atoms with van der Waals surface area (Å²) in [7, 11) is 0. The first-order chi connectivity index (χ1) is 16.1. The highest BCUT2D eigenvalue weighted by Gasteiger charge is 2.51. The van der Waals surface area contributed by atoms with Crippen molar-refractivity contribution in [1.29, 1.82) is 0 Å². The van der Waals surface area contributed by atoms with E-state index in [0.29, 0.717) is 4.90 Å². The molecule has 0 saturated carbocycles. The number of benzene rings is 2. The fraction of sp³-hybridized carbons (Fsp3) is 0.400. The zero-order chi connectivity index (χ0) is 24.6. The van der Waals surface area contributed by atoms with Crippen molar-refractivity contribution < 1.29 is 33.0 Å². The lowest BCUT2D eigenvalue weighted by atomic mass is 9.98. The van der Waals surface area contributed by atoms with E-state index in [1.54, 1.807) is 13.8 Å². The maximum Gasteiger partial charge on any atom is 0.407 e. The molecule has 1 aliphatic carbocycles. The lowest BCUT2D eigenvalue weighted by Gasteiger charge is -2.29. The molecule has 2 aliphatic rings. The topological polar surface area (TPSA) is 95.9 Å². The Morgan fingerprint density at radius 2 is 1.65 bits per heavy atom. The van der Waals surface area contributed by atoms with Crippen molar-refractivity contribution >= 4 is 18.0 Å². The van der Waals surface area contributed by atoms with Crippen LogP contribution in [0.4, 0.5) is 13.6 Å². The van der Waals surface area contributed by atoms with Gasteiger partial charge < -0.3 is 20.1 Å². The molecule has 2 amide bonds. The summed E-state index contributed by atoms with van der Waals surface area (Å²) in [5.74, 6) is -6.33. The molecule has 1 fully saturated rings. The molecule has 1 aliphatic heterocycles. The summed E-state index contributed by atoms with van der Waals surface area (Å²) < 4.78 is 33.2. The number of carbonyl (C=O) groups is 3. The minimum atomic E-state index is -3.30. The molecule has 9 heteroatoms. The minimum absolute atomic E-state index is 0.0262. The maximum atomic E-state index is 13.9. The number of hydrogen-bond acceptors (Lipinski definition) is 4. The van der Waals surface area contributed by atoms with Crippen LogP contribution in [0.2, 0.25) is 0 Å². The number of carbonyl (C=O) groups excluding carboxylic acids is 2. The number of alkyl carbamates (subject to hydrolysis) is 1. The summed E-state index contributed by atoms with van der Waals surface area (Å²) in [6, 6.07) is 12.8. The van der Waals surface area contributed by atoms with Gasteiger partial charge in [-0.15, -0.1) is 0 Å². The molecule has 2 aromatic rings. The van der Waals surface area contributed by atoms with E-state index in [9.17, 15) is 28.3 Å². The number of carboxylic acids is 1. The SMILES string of the molecule is CC(C)[C@H](NC(=O)OCC1c2ccccc2-c2ccccc21)C(=O)N1CC(F)(F)CC1C(=O)O. The number of amides is 2. The molecule has 7 nitrogen and oxygen atoms in total. The minimum Gasteiger partial charge on any atom is -0.480 e. The number of nitrogens with zero attached hydrogens (tertiary/aromatic N) is 1. The van der Waals surface area contributed by atoms with Crippen LogP contribution in [-0.4, -0.2) is 59.1 Å². The van der Waals surface area contributed by atoms with E-state index in [1.807, 2.05) is 48.5 Å². The van der Waals surface area contributed by atoms with Crippen molar-refractivity contribution in [3.8, 4) is 11.1 Å². The molecule has 0 radical (unpaired) electrons. The molecular formula is C25H26F2N2O5. The van der Waals surface area contributed by atoms with Gasteiger partial charge in [0.15, 0.2) is 0 Å². The van der Waals surface area contributed by atoms with E-state index < -0.39 is 54.9 Å². The van der Waals surface area contributed by atoms with Crippen LogP contribution in [0.15, 0.2) is 48.5 Å². The van der Waals surface area contributed by atoms with Crippen LogP contribution in [0.1, 0.15) is 37.3 Å². The van der Waals surface area contributed by atoms with E-state index in [1.165, 1.54) is 0 Å². The number of alkyl halides is 2. The number of fused-ring (bicyclic) bond motifs is 3. The molecule has 0 aromatic heterocycles. The normalized spacial score (nSPS) is 19.4. The number of hydrogen-bond donors (Lipinski definition) is 2. The summed E-state index contributed by atoms with van der Waals surface area (Å²) in [4.78, 5) is 37.7. The molecule has 2 N–H and O–H groups in total. The largest absolute Gasteiger partial charge is 0.480 e. The lowest BCUT2D eigenvalue weighted by Crippen LogP contribution is -2.54. The molecule has 2 atom stereocenters. The highest BCUT2D eigenvalue weighted by molar-refractivity contribution is 5.90. The second kappa shape index (κ2) is 9.04. The first-order valence-corrected chi connectivity index (χ1v) is 11.1. The Balaban J connectivity index is 1.45. The van der Waals surface area contributed by atoms with Crippen molar-refractivity contribution in [1.82, 2.24) is 10.2 Å². The fourth-order valence-corrected chi connectivity index (χ4v) is 4.73. The van der Waals surface area contributed by atoms with E-state index in [4.69, 9.17) is 4.74 Å². The fourth-order valence-electron chi connectivity index (χ4n) is 4.73. The quantitative estimate of drug-likeness (QED) is 0.666. The van der Waals surface area contributed by atoms with Crippen LogP contribution < -0.4 is 5.32 Å². The zero-order valence-corrected chi connectivity index (χ0v) is 18.8. The van der Waals surface area contributed by atoms with Gasteiger partial charge in [-0.2, -0.15) is 0 Å². The Bertz CT molecular complexity index is 1070. The summed E-state index contributed by atoms with van der Waals surface area (Å²) in [5.41, 5.74) is 4.18. The van der Waals surface area contributed by atoms with Gasteiger partial charge in [0.05, 0.1) is 6.54 Å². The maximum absolute atomic E-state index is 13.9. The van der Waals surface area contributed by atoms with E-state index in [0.717, 1.165) is 22.3 Å². The summed E-state index contributed by atoms with van der Waals surface area (Å²) in [6.45, 7) is 2.30. The smallest absolute Gasteiger partial charge is 0.407 e. The Morgan fingerprint density at radius 1 is 1.09 bits per heavy atom. The van der Waals surface area contributed by atoms with Crippen molar-refractivity contribution in [3.63, 3.8) is 0 Å². The Kier molecular flexibility index (Phi) is 6.29. The molecule has 1 saturated heterocycles. The standard InChI is InChI=1S/C25H26F2N2O5/c1-14(2)21(22(30)29-13-25(26,27)11-20(29)23(31)32)28-24(33)34-12-19-17-9-5-3-7-15(17)16-8-4-6-10-18(16)19/h3-10,14,19-21H,11-13H2,1-2H3,(H,28,33)(H,31,32)/t20?,21-/m0/s1. The average molecular weight is 472 g/mol. The summed E-state index contributed by atoms with van der Waals surface area (Å²) in [6.07, 6.45) is -1.82. The molecule has 180 valence electrons. The van der Waals surface area contributed by atoms with Gasteiger partial charge >= 0.3 is 12.1 Å².